The van der Waals surface area contributed by atoms with Gasteiger partial charge in [0.25, 0.3) is 0 Å². The van der Waals surface area contributed by atoms with E-state index in [9.17, 15) is 4.39 Å². The van der Waals surface area contributed by atoms with Crippen LogP contribution >= 0.6 is 11.6 Å². The molecule has 2 rings (SSSR count). The van der Waals surface area contributed by atoms with Crippen molar-refractivity contribution < 1.29 is 13.9 Å². The van der Waals surface area contributed by atoms with Crippen LogP contribution in [0.4, 0.5) is 10.1 Å². The quantitative estimate of drug-likeness (QED) is 0.851. The number of hydrogen-bond acceptors (Lipinski definition) is 4. The van der Waals surface area contributed by atoms with Gasteiger partial charge in [-0.25, -0.2) is 9.37 Å². The molecule has 0 radical (unpaired) electrons. The summed E-state index contributed by atoms with van der Waals surface area (Å²) in [6, 6.07) is 4.34. The number of nitrogens with two attached hydrogens (primary N) is 1. The maximum absolute atomic E-state index is 13.9. The zero-order valence-electron chi connectivity index (χ0n) is 12.0. The molecule has 0 aliphatic rings. The van der Waals surface area contributed by atoms with Crippen LogP contribution in [-0.4, -0.2) is 12.1 Å². The molecule has 0 saturated heterocycles. The van der Waals surface area contributed by atoms with E-state index in [1.54, 1.807) is 13.2 Å². The van der Waals surface area contributed by atoms with Gasteiger partial charge in [0, 0.05) is 17.3 Å². The summed E-state index contributed by atoms with van der Waals surface area (Å²) in [5.41, 5.74) is 6.61. The van der Waals surface area contributed by atoms with Crippen LogP contribution in [0.1, 0.15) is 25.3 Å². The van der Waals surface area contributed by atoms with Crippen LogP contribution in [0.15, 0.2) is 24.4 Å². The van der Waals surface area contributed by atoms with Crippen LogP contribution in [-0.2, 0) is 0 Å². The van der Waals surface area contributed by atoms with Gasteiger partial charge in [0.15, 0.2) is 11.6 Å². The average Bonchev–Trinajstić information content (AvgIpc) is 2.42. The normalized spacial score (nSPS) is 10.8. The summed E-state index contributed by atoms with van der Waals surface area (Å²) in [5.74, 6) is 0.378. The van der Waals surface area contributed by atoms with Crippen molar-refractivity contribution in [2.75, 3.05) is 12.8 Å². The number of halogens is 2. The minimum atomic E-state index is -0.623. The topological polar surface area (TPSA) is 57.4 Å². The van der Waals surface area contributed by atoms with Gasteiger partial charge in [-0.15, -0.1) is 0 Å². The largest absolute Gasteiger partial charge is 0.481 e. The average molecular weight is 311 g/mol. The molecule has 0 bridgehead atoms. The number of benzene rings is 1. The van der Waals surface area contributed by atoms with Crippen molar-refractivity contribution in [1.82, 2.24) is 4.98 Å². The van der Waals surface area contributed by atoms with E-state index in [1.807, 2.05) is 13.8 Å². The first-order valence-electron chi connectivity index (χ1n) is 6.38. The smallest absolute Gasteiger partial charge is 0.216 e. The zero-order valence-corrected chi connectivity index (χ0v) is 12.7. The lowest BCUT2D eigenvalue weighted by molar-refractivity contribution is 0.385. The summed E-state index contributed by atoms with van der Waals surface area (Å²) in [6.07, 6.45) is 1.46. The fourth-order valence-corrected chi connectivity index (χ4v) is 2.14. The summed E-state index contributed by atoms with van der Waals surface area (Å²) in [7, 11) is 1.55. The van der Waals surface area contributed by atoms with Gasteiger partial charge in [0.2, 0.25) is 5.88 Å². The van der Waals surface area contributed by atoms with E-state index >= 15 is 0 Å². The third-order valence-corrected chi connectivity index (χ3v) is 3.19. The predicted molar refractivity (Wildman–Crippen MR) is 80.8 cm³/mol. The Kier molecular flexibility index (Phi) is 4.53. The van der Waals surface area contributed by atoms with Crippen LogP contribution in [0.5, 0.6) is 17.4 Å². The molecule has 21 heavy (non-hydrogen) atoms. The number of nitrogen functional groups attached to an aromatic ring is 1. The molecule has 0 amide bonds. The first-order chi connectivity index (χ1) is 9.92. The highest BCUT2D eigenvalue weighted by atomic mass is 35.5. The van der Waals surface area contributed by atoms with Gasteiger partial charge < -0.3 is 15.2 Å². The predicted octanol–water partition coefficient (Wildman–Crippen LogP) is 4.38. The second kappa shape index (κ2) is 6.18. The van der Waals surface area contributed by atoms with Crippen molar-refractivity contribution in [3.63, 3.8) is 0 Å². The van der Waals surface area contributed by atoms with E-state index in [4.69, 9.17) is 26.8 Å². The molecule has 0 atom stereocenters. The van der Waals surface area contributed by atoms with Gasteiger partial charge in [-0.2, -0.15) is 0 Å². The molecular weight excluding hydrogens is 295 g/mol. The maximum Gasteiger partial charge on any atom is 0.216 e. The van der Waals surface area contributed by atoms with E-state index in [2.05, 4.69) is 4.98 Å². The highest BCUT2D eigenvalue weighted by Crippen LogP contribution is 2.35. The van der Waals surface area contributed by atoms with Crippen molar-refractivity contribution in [2.24, 2.45) is 0 Å². The molecule has 0 unspecified atom stereocenters. The molecule has 2 N–H and O–H groups in total. The van der Waals surface area contributed by atoms with Crippen LogP contribution < -0.4 is 15.2 Å². The molecule has 6 heteroatoms. The first-order valence-corrected chi connectivity index (χ1v) is 6.76. The number of pyridine rings is 1. The maximum atomic E-state index is 13.9. The standard InChI is InChI=1S/C15H16ClFN2O2/c1-8(2)11-6-10(7-19-15(11)20-3)21-14-12(16)4-9(18)5-13(14)17/h4-8H,18H2,1-3H3. The molecule has 0 aliphatic heterocycles. The molecule has 2 aromatic rings. The van der Waals surface area contributed by atoms with Gasteiger partial charge in [-0.1, -0.05) is 25.4 Å². The van der Waals surface area contributed by atoms with E-state index in [0.29, 0.717) is 11.6 Å². The molecule has 0 fully saturated rings. The molecular formula is C15H16ClFN2O2. The van der Waals surface area contributed by atoms with Crippen molar-refractivity contribution in [2.45, 2.75) is 19.8 Å². The molecule has 1 heterocycles. The number of aromatic nitrogens is 1. The summed E-state index contributed by atoms with van der Waals surface area (Å²) in [5, 5.41) is 0.106. The van der Waals surface area contributed by atoms with Crippen molar-refractivity contribution in [3.05, 3.63) is 40.8 Å². The van der Waals surface area contributed by atoms with E-state index < -0.39 is 5.82 Å². The van der Waals surface area contributed by atoms with Crippen LogP contribution in [0, 0.1) is 5.82 Å². The zero-order chi connectivity index (χ0) is 15.6. The molecule has 0 saturated carbocycles. The first kappa shape index (κ1) is 15.4. The molecule has 4 nitrogen and oxygen atoms in total. The lowest BCUT2D eigenvalue weighted by Gasteiger charge is -2.14. The van der Waals surface area contributed by atoms with Crippen molar-refractivity contribution >= 4 is 17.3 Å². The lowest BCUT2D eigenvalue weighted by atomic mass is 10.1. The highest BCUT2D eigenvalue weighted by Gasteiger charge is 2.15. The highest BCUT2D eigenvalue weighted by molar-refractivity contribution is 6.32. The summed E-state index contributed by atoms with van der Waals surface area (Å²) >= 11 is 5.96. The Bertz CT molecular complexity index is 639. The second-order valence-electron chi connectivity index (χ2n) is 4.84. The third kappa shape index (κ3) is 3.36. The number of hydrogen-bond donors (Lipinski definition) is 1. The van der Waals surface area contributed by atoms with Crippen LogP contribution in [0.25, 0.3) is 0 Å². The van der Waals surface area contributed by atoms with E-state index in [0.717, 1.165) is 11.6 Å². The molecule has 1 aromatic carbocycles. The Hall–Kier alpha value is -2.01. The Morgan fingerprint density at radius 3 is 2.57 bits per heavy atom. The third-order valence-electron chi connectivity index (χ3n) is 2.91. The van der Waals surface area contributed by atoms with Gasteiger partial charge >= 0.3 is 0 Å². The summed E-state index contributed by atoms with van der Waals surface area (Å²) < 4.78 is 24.6. The Morgan fingerprint density at radius 1 is 1.29 bits per heavy atom. The lowest BCUT2D eigenvalue weighted by Crippen LogP contribution is -1.99. The van der Waals surface area contributed by atoms with E-state index in [-0.39, 0.29) is 22.4 Å². The van der Waals surface area contributed by atoms with Gasteiger partial charge in [-0.3, -0.25) is 0 Å². The fourth-order valence-electron chi connectivity index (χ4n) is 1.88. The van der Waals surface area contributed by atoms with Crippen molar-refractivity contribution in [3.8, 4) is 17.4 Å². The molecule has 112 valence electrons. The van der Waals surface area contributed by atoms with Crippen LogP contribution in [0.2, 0.25) is 5.02 Å². The second-order valence-corrected chi connectivity index (χ2v) is 5.25. The van der Waals surface area contributed by atoms with Crippen molar-refractivity contribution in [1.29, 1.82) is 0 Å². The van der Waals surface area contributed by atoms with E-state index in [1.165, 1.54) is 12.3 Å². The molecule has 1 aromatic heterocycles. The monoisotopic (exact) mass is 310 g/mol. The fraction of sp³-hybridized carbons (Fsp3) is 0.267. The van der Waals surface area contributed by atoms with Gasteiger partial charge in [0.1, 0.15) is 5.75 Å². The SMILES string of the molecule is COc1ncc(Oc2c(F)cc(N)cc2Cl)cc1C(C)C. The van der Waals surface area contributed by atoms with Gasteiger partial charge in [-0.05, 0) is 18.1 Å². The number of rotatable bonds is 4. The molecule has 0 spiro atoms. The number of anilines is 1. The van der Waals surface area contributed by atoms with Crippen LogP contribution in [0.3, 0.4) is 0 Å². The Morgan fingerprint density at radius 2 is 2.00 bits per heavy atom. The molecule has 0 aliphatic carbocycles. The minimum Gasteiger partial charge on any atom is -0.481 e. The number of ether oxygens (including phenoxy) is 2. The summed E-state index contributed by atoms with van der Waals surface area (Å²) in [4.78, 5) is 4.15. The Balaban J connectivity index is 2.39. The number of nitrogens with zero attached hydrogens (tertiary/aromatic N) is 1. The van der Waals surface area contributed by atoms with Gasteiger partial charge in [0.05, 0.1) is 18.3 Å². The Labute approximate surface area is 127 Å². The minimum absolute atomic E-state index is 0.0764. The summed E-state index contributed by atoms with van der Waals surface area (Å²) in [6.45, 7) is 4.00. The number of methoxy groups -OCH3 is 1.